The number of hydrogen-bond acceptors (Lipinski definition) is 6. The van der Waals surface area contributed by atoms with E-state index in [-0.39, 0.29) is 11.6 Å². The van der Waals surface area contributed by atoms with Gasteiger partial charge in [0, 0.05) is 17.7 Å². The molecule has 1 amide bonds. The second kappa shape index (κ2) is 9.13. The number of nitro groups is 1. The Kier molecular flexibility index (Phi) is 5.72. The Morgan fingerprint density at radius 3 is 2.50 bits per heavy atom. The summed E-state index contributed by atoms with van der Waals surface area (Å²) in [6.45, 7) is 0. The molecule has 0 fully saturated rings. The number of hydrogen-bond donors (Lipinski definition) is 1. The van der Waals surface area contributed by atoms with Gasteiger partial charge in [-0.3, -0.25) is 14.9 Å². The predicted molar refractivity (Wildman–Crippen MR) is 134 cm³/mol. The molecule has 0 saturated heterocycles. The lowest BCUT2D eigenvalue weighted by molar-refractivity contribution is -0.384. The molecule has 5 aromatic rings. The molecule has 3 aromatic carbocycles. The fourth-order valence-electron chi connectivity index (χ4n) is 3.53. The summed E-state index contributed by atoms with van der Waals surface area (Å²) in [4.78, 5) is 28.1. The number of nitrogens with one attached hydrogen (secondary N) is 1. The Hall–Kier alpha value is -4.56. The number of anilines is 1. The second-order valence-corrected chi connectivity index (χ2v) is 8.36. The van der Waals surface area contributed by atoms with Gasteiger partial charge in [-0.2, -0.15) is 0 Å². The number of carbonyl (C=O) groups excluding carboxylic acids is 1. The number of para-hydroxylation sites is 3. The van der Waals surface area contributed by atoms with Crippen LogP contribution in [0.1, 0.15) is 5.76 Å². The normalized spacial score (nSPS) is 11.2. The van der Waals surface area contributed by atoms with E-state index in [9.17, 15) is 14.9 Å². The van der Waals surface area contributed by atoms with Crippen molar-refractivity contribution in [2.24, 2.45) is 0 Å². The van der Waals surface area contributed by atoms with Crippen LogP contribution < -0.4 is 5.32 Å². The van der Waals surface area contributed by atoms with E-state index in [4.69, 9.17) is 4.42 Å². The highest BCUT2D eigenvalue weighted by molar-refractivity contribution is 7.21. The third-order valence-corrected chi connectivity index (χ3v) is 6.17. The summed E-state index contributed by atoms with van der Waals surface area (Å²) in [5, 5.41) is 15.0. The van der Waals surface area contributed by atoms with Crippen molar-refractivity contribution in [1.82, 2.24) is 4.98 Å². The van der Waals surface area contributed by atoms with E-state index >= 15 is 0 Å². The molecule has 0 atom stereocenters. The van der Waals surface area contributed by atoms with Crippen LogP contribution in [0.2, 0.25) is 0 Å². The van der Waals surface area contributed by atoms with Gasteiger partial charge in [-0.15, -0.1) is 11.3 Å². The maximum atomic E-state index is 12.6. The van der Waals surface area contributed by atoms with E-state index in [1.807, 2.05) is 48.5 Å². The molecule has 0 unspecified atom stereocenters. The van der Waals surface area contributed by atoms with Gasteiger partial charge in [0.05, 0.1) is 26.4 Å². The van der Waals surface area contributed by atoms with Crippen LogP contribution in [0, 0.1) is 10.1 Å². The van der Waals surface area contributed by atoms with Crippen molar-refractivity contribution in [2.75, 3.05) is 5.32 Å². The first-order chi connectivity index (χ1) is 16.6. The Morgan fingerprint density at radius 1 is 0.941 bits per heavy atom. The van der Waals surface area contributed by atoms with Crippen molar-refractivity contribution >= 4 is 44.9 Å². The largest absolute Gasteiger partial charge is 0.456 e. The maximum Gasteiger partial charge on any atom is 0.280 e. The van der Waals surface area contributed by atoms with Gasteiger partial charge >= 0.3 is 0 Å². The summed E-state index contributed by atoms with van der Waals surface area (Å²) >= 11 is 1.56. The summed E-state index contributed by atoms with van der Waals surface area (Å²) in [6, 6.07) is 25.0. The Labute approximate surface area is 198 Å². The van der Waals surface area contributed by atoms with Crippen LogP contribution >= 0.6 is 11.3 Å². The zero-order valence-electron chi connectivity index (χ0n) is 17.7. The minimum atomic E-state index is -0.455. The van der Waals surface area contributed by atoms with Gasteiger partial charge in [0.25, 0.3) is 5.69 Å². The number of aromatic nitrogens is 1. The molecule has 7 nitrogen and oxygen atoms in total. The van der Waals surface area contributed by atoms with Crippen molar-refractivity contribution in [2.45, 2.75) is 0 Å². The molecule has 0 bridgehead atoms. The molecule has 166 valence electrons. The number of furan rings is 1. The van der Waals surface area contributed by atoms with Gasteiger partial charge in [-0.05, 0) is 48.5 Å². The van der Waals surface area contributed by atoms with Gasteiger partial charge < -0.3 is 9.73 Å². The molecule has 8 heteroatoms. The summed E-state index contributed by atoms with van der Waals surface area (Å²) in [5.41, 5.74) is 2.73. The highest BCUT2D eigenvalue weighted by Gasteiger charge is 2.17. The number of carbonyl (C=O) groups is 1. The van der Waals surface area contributed by atoms with Crippen LogP contribution in [0.5, 0.6) is 0 Å². The van der Waals surface area contributed by atoms with Crippen LogP contribution in [0.3, 0.4) is 0 Å². The average molecular weight is 468 g/mol. The lowest BCUT2D eigenvalue weighted by Crippen LogP contribution is -2.08. The molecule has 0 radical (unpaired) electrons. The Bertz CT molecular complexity index is 1520. The highest BCUT2D eigenvalue weighted by atomic mass is 32.1. The van der Waals surface area contributed by atoms with E-state index in [0.29, 0.717) is 22.8 Å². The summed E-state index contributed by atoms with van der Waals surface area (Å²) in [5.74, 6) is 0.425. The van der Waals surface area contributed by atoms with Gasteiger partial charge in [0.15, 0.2) is 0 Å². The molecule has 0 spiro atoms. The van der Waals surface area contributed by atoms with Crippen LogP contribution in [-0.2, 0) is 4.79 Å². The van der Waals surface area contributed by atoms with Crippen LogP contribution in [-0.4, -0.2) is 15.8 Å². The molecule has 34 heavy (non-hydrogen) atoms. The average Bonchev–Trinajstić information content (AvgIpc) is 3.50. The Balaban J connectivity index is 1.34. The van der Waals surface area contributed by atoms with Crippen molar-refractivity contribution in [3.63, 3.8) is 0 Å². The number of rotatable bonds is 6. The van der Waals surface area contributed by atoms with Gasteiger partial charge in [0.1, 0.15) is 16.5 Å². The maximum absolute atomic E-state index is 12.6. The molecule has 0 saturated carbocycles. The molecule has 0 aliphatic rings. The van der Waals surface area contributed by atoms with Crippen molar-refractivity contribution < 1.29 is 14.1 Å². The monoisotopic (exact) mass is 467 g/mol. The zero-order valence-corrected chi connectivity index (χ0v) is 18.5. The number of fused-ring (bicyclic) bond motifs is 1. The minimum Gasteiger partial charge on any atom is -0.456 e. The van der Waals surface area contributed by atoms with Crippen LogP contribution in [0.4, 0.5) is 11.4 Å². The number of thiazole rings is 1. The van der Waals surface area contributed by atoms with Crippen molar-refractivity contribution in [3.05, 3.63) is 107 Å². The predicted octanol–water partition coefficient (Wildman–Crippen LogP) is 6.78. The van der Waals surface area contributed by atoms with Crippen LogP contribution in [0.25, 0.3) is 38.2 Å². The standard InChI is InChI=1S/C26H17N3O4S/c30-25(16-14-17-13-15-23(33-17)19-8-2-5-11-22(19)29(31)32)27-20-9-3-1-7-18(20)26-28-21-10-4-6-12-24(21)34-26/h1-16H,(H,27,30). The molecule has 0 aliphatic carbocycles. The first-order valence-corrected chi connectivity index (χ1v) is 11.2. The third-order valence-electron chi connectivity index (χ3n) is 5.10. The molecule has 2 heterocycles. The minimum absolute atomic E-state index is 0.0448. The first kappa shape index (κ1) is 21.3. The van der Waals surface area contributed by atoms with E-state index in [1.54, 1.807) is 41.7 Å². The van der Waals surface area contributed by atoms with E-state index in [1.165, 1.54) is 18.2 Å². The molecular formula is C26H17N3O4S. The van der Waals surface area contributed by atoms with E-state index in [2.05, 4.69) is 10.3 Å². The second-order valence-electron chi connectivity index (χ2n) is 7.33. The smallest absolute Gasteiger partial charge is 0.280 e. The first-order valence-electron chi connectivity index (χ1n) is 10.4. The Morgan fingerprint density at radius 2 is 1.68 bits per heavy atom. The van der Waals surface area contributed by atoms with E-state index < -0.39 is 4.92 Å². The fourth-order valence-corrected chi connectivity index (χ4v) is 4.53. The molecule has 2 aromatic heterocycles. The summed E-state index contributed by atoms with van der Waals surface area (Å²) in [7, 11) is 0. The third kappa shape index (κ3) is 4.35. The van der Waals surface area contributed by atoms with Crippen molar-refractivity contribution in [1.29, 1.82) is 0 Å². The number of nitrogens with zero attached hydrogens (tertiary/aromatic N) is 2. The van der Waals surface area contributed by atoms with E-state index in [0.717, 1.165) is 20.8 Å². The summed E-state index contributed by atoms with van der Waals surface area (Å²) in [6.07, 6.45) is 2.88. The molecule has 1 N–H and O–H groups in total. The topological polar surface area (TPSA) is 98.3 Å². The van der Waals surface area contributed by atoms with Gasteiger partial charge in [0.2, 0.25) is 5.91 Å². The molecular weight excluding hydrogens is 450 g/mol. The fraction of sp³-hybridized carbons (Fsp3) is 0. The lowest BCUT2D eigenvalue weighted by atomic mass is 10.1. The number of benzene rings is 3. The highest BCUT2D eigenvalue weighted by Crippen LogP contribution is 2.34. The van der Waals surface area contributed by atoms with Crippen LogP contribution in [0.15, 0.2) is 95.4 Å². The molecule has 5 rings (SSSR count). The molecule has 0 aliphatic heterocycles. The zero-order chi connectivity index (χ0) is 23.5. The number of amides is 1. The lowest BCUT2D eigenvalue weighted by Gasteiger charge is -2.07. The van der Waals surface area contributed by atoms with Crippen molar-refractivity contribution in [3.8, 4) is 21.9 Å². The quantitative estimate of drug-likeness (QED) is 0.169. The van der Waals surface area contributed by atoms with Gasteiger partial charge in [-0.1, -0.05) is 36.4 Å². The SMILES string of the molecule is O=C(C=Cc1ccc(-c2ccccc2[N+](=O)[O-])o1)Nc1ccccc1-c1nc2ccccc2s1. The number of nitro benzene ring substituents is 1. The summed E-state index contributed by atoms with van der Waals surface area (Å²) < 4.78 is 6.78. The van der Waals surface area contributed by atoms with Gasteiger partial charge in [-0.25, -0.2) is 4.98 Å².